The van der Waals surface area contributed by atoms with Gasteiger partial charge >= 0.3 is 12.0 Å². The number of nitrogens with one attached hydrogen (secondary N) is 1. The van der Waals surface area contributed by atoms with Gasteiger partial charge < -0.3 is 14.8 Å². The third-order valence-corrected chi connectivity index (χ3v) is 4.01. The number of nitrogens with zero attached hydrogens (tertiary/aromatic N) is 1. The maximum atomic E-state index is 12.5. The number of methoxy groups -OCH3 is 1. The standard InChI is InChI=1S/C20H16N2O5/c1-3-10-27-17-9-8-13-6-4-5-7-14(13)15(17)11-16-19(24)22(20(25)21-16)12-18(23)26-2/h1,4-9,11H,10,12H2,2H3,(H,21,25)/b16-11+. The minimum Gasteiger partial charge on any atom is -0.480 e. The third kappa shape index (κ3) is 3.60. The zero-order valence-corrected chi connectivity index (χ0v) is 14.5. The summed E-state index contributed by atoms with van der Waals surface area (Å²) in [5.74, 6) is 1.56. The van der Waals surface area contributed by atoms with E-state index < -0.39 is 24.5 Å². The van der Waals surface area contributed by atoms with Crippen molar-refractivity contribution in [1.29, 1.82) is 0 Å². The number of fused-ring (bicyclic) bond motifs is 1. The molecule has 1 N–H and O–H groups in total. The Morgan fingerprint density at radius 1 is 1.26 bits per heavy atom. The molecule has 0 radical (unpaired) electrons. The van der Waals surface area contributed by atoms with Gasteiger partial charge in [0, 0.05) is 5.56 Å². The molecule has 27 heavy (non-hydrogen) atoms. The number of amides is 3. The molecule has 0 aromatic heterocycles. The summed E-state index contributed by atoms with van der Waals surface area (Å²) < 4.78 is 10.1. The Bertz CT molecular complexity index is 1000. The van der Waals surface area contributed by atoms with Crippen molar-refractivity contribution in [3.8, 4) is 18.1 Å². The second-order valence-electron chi connectivity index (χ2n) is 5.65. The predicted octanol–water partition coefficient (Wildman–Crippen LogP) is 1.92. The Hall–Kier alpha value is -3.79. The van der Waals surface area contributed by atoms with Crippen LogP contribution in [0.5, 0.6) is 5.75 Å². The largest absolute Gasteiger partial charge is 0.480 e. The van der Waals surface area contributed by atoms with E-state index in [4.69, 9.17) is 11.2 Å². The lowest BCUT2D eigenvalue weighted by Gasteiger charge is -2.11. The lowest BCUT2D eigenvalue weighted by atomic mass is 10.0. The molecular weight excluding hydrogens is 348 g/mol. The van der Waals surface area contributed by atoms with Crippen LogP contribution in [0.4, 0.5) is 4.79 Å². The lowest BCUT2D eigenvalue weighted by molar-refractivity contribution is -0.143. The molecule has 2 aromatic carbocycles. The highest BCUT2D eigenvalue weighted by atomic mass is 16.5. The molecule has 0 unspecified atom stereocenters. The van der Waals surface area contributed by atoms with E-state index in [9.17, 15) is 14.4 Å². The monoisotopic (exact) mass is 364 g/mol. The first-order valence-electron chi connectivity index (χ1n) is 8.04. The first-order chi connectivity index (χ1) is 13.0. The van der Waals surface area contributed by atoms with Gasteiger partial charge in [-0.3, -0.25) is 9.59 Å². The summed E-state index contributed by atoms with van der Waals surface area (Å²) in [6.45, 7) is -0.405. The van der Waals surface area contributed by atoms with Crippen molar-refractivity contribution in [2.24, 2.45) is 0 Å². The van der Waals surface area contributed by atoms with E-state index >= 15 is 0 Å². The summed E-state index contributed by atoms with van der Waals surface area (Å²) in [7, 11) is 1.18. The van der Waals surface area contributed by atoms with Gasteiger partial charge in [0.15, 0.2) is 0 Å². The van der Waals surface area contributed by atoms with E-state index in [1.54, 1.807) is 6.07 Å². The molecule has 3 amide bonds. The number of rotatable bonds is 5. The van der Waals surface area contributed by atoms with Gasteiger partial charge in [0.2, 0.25) is 0 Å². The second kappa shape index (κ2) is 7.62. The van der Waals surface area contributed by atoms with E-state index in [1.807, 2.05) is 30.3 Å². The van der Waals surface area contributed by atoms with Crippen molar-refractivity contribution in [2.75, 3.05) is 20.3 Å². The first-order valence-corrected chi connectivity index (χ1v) is 8.04. The van der Waals surface area contributed by atoms with E-state index in [0.717, 1.165) is 15.7 Å². The van der Waals surface area contributed by atoms with Gasteiger partial charge in [-0.2, -0.15) is 0 Å². The van der Waals surface area contributed by atoms with Crippen LogP contribution in [0.1, 0.15) is 5.56 Å². The van der Waals surface area contributed by atoms with Crippen LogP contribution in [0.25, 0.3) is 16.8 Å². The Morgan fingerprint density at radius 2 is 2.04 bits per heavy atom. The smallest absolute Gasteiger partial charge is 0.329 e. The highest BCUT2D eigenvalue weighted by Crippen LogP contribution is 2.31. The number of ether oxygens (including phenoxy) is 2. The van der Waals surface area contributed by atoms with Crippen molar-refractivity contribution in [1.82, 2.24) is 10.2 Å². The summed E-state index contributed by atoms with van der Waals surface area (Å²) in [5, 5.41) is 4.23. The molecule has 0 aliphatic carbocycles. The normalized spacial score (nSPS) is 15.0. The number of hydrogen-bond donors (Lipinski definition) is 1. The molecule has 2 aromatic rings. The van der Waals surface area contributed by atoms with Gasteiger partial charge in [0.1, 0.15) is 24.6 Å². The second-order valence-corrected chi connectivity index (χ2v) is 5.65. The molecule has 1 heterocycles. The van der Waals surface area contributed by atoms with E-state index in [1.165, 1.54) is 13.2 Å². The summed E-state index contributed by atoms with van der Waals surface area (Å²) in [6.07, 6.45) is 6.79. The van der Waals surface area contributed by atoms with Gasteiger partial charge in [-0.1, -0.05) is 36.3 Å². The van der Waals surface area contributed by atoms with E-state index in [2.05, 4.69) is 16.0 Å². The molecular formula is C20H16N2O5. The molecule has 136 valence electrons. The van der Waals surface area contributed by atoms with Crippen molar-refractivity contribution in [3.05, 3.63) is 47.7 Å². The molecule has 1 saturated heterocycles. The van der Waals surface area contributed by atoms with Gasteiger partial charge in [0.05, 0.1) is 7.11 Å². The molecule has 7 heteroatoms. The minimum absolute atomic E-state index is 0.0332. The fraction of sp³-hybridized carbons (Fsp3) is 0.150. The summed E-state index contributed by atoms with van der Waals surface area (Å²) >= 11 is 0. The Kier molecular flexibility index (Phi) is 5.08. The average molecular weight is 364 g/mol. The van der Waals surface area contributed by atoms with Gasteiger partial charge in [-0.25, -0.2) is 9.69 Å². The maximum absolute atomic E-state index is 12.5. The quantitative estimate of drug-likeness (QED) is 0.379. The zero-order chi connectivity index (χ0) is 19.4. The topological polar surface area (TPSA) is 84.9 Å². The van der Waals surface area contributed by atoms with Crippen molar-refractivity contribution < 1.29 is 23.9 Å². The van der Waals surface area contributed by atoms with Crippen LogP contribution in [0.2, 0.25) is 0 Å². The number of hydrogen-bond acceptors (Lipinski definition) is 5. The molecule has 0 saturated carbocycles. The van der Waals surface area contributed by atoms with Crippen LogP contribution in [-0.2, 0) is 14.3 Å². The van der Waals surface area contributed by atoms with Crippen LogP contribution in [0.15, 0.2) is 42.1 Å². The third-order valence-electron chi connectivity index (χ3n) is 4.01. The molecule has 1 fully saturated rings. The number of carbonyl (C=O) groups excluding carboxylic acids is 3. The molecule has 1 aliphatic rings. The first kappa shape index (κ1) is 18.0. The number of benzene rings is 2. The van der Waals surface area contributed by atoms with Crippen molar-refractivity contribution >= 4 is 34.8 Å². The van der Waals surface area contributed by atoms with Crippen LogP contribution in [0.3, 0.4) is 0 Å². The zero-order valence-electron chi connectivity index (χ0n) is 14.5. The molecule has 3 rings (SSSR count). The molecule has 1 aliphatic heterocycles. The summed E-state index contributed by atoms with van der Waals surface area (Å²) in [6, 6.07) is 10.5. The Labute approximate surface area is 155 Å². The number of terminal acetylenes is 1. The average Bonchev–Trinajstić information content (AvgIpc) is 2.94. The fourth-order valence-electron chi connectivity index (χ4n) is 2.72. The Morgan fingerprint density at radius 3 is 2.78 bits per heavy atom. The number of urea groups is 1. The lowest BCUT2D eigenvalue weighted by Crippen LogP contribution is -2.36. The maximum Gasteiger partial charge on any atom is 0.329 e. The summed E-state index contributed by atoms with van der Waals surface area (Å²) in [4.78, 5) is 36.8. The van der Waals surface area contributed by atoms with Crippen molar-refractivity contribution in [3.63, 3.8) is 0 Å². The molecule has 7 nitrogen and oxygen atoms in total. The highest BCUT2D eigenvalue weighted by Gasteiger charge is 2.35. The fourth-order valence-corrected chi connectivity index (χ4v) is 2.72. The number of carbonyl (C=O) groups is 3. The highest BCUT2D eigenvalue weighted by molar-refractivity contribution is 6.16. The van der Waals surface area contributed by atoms with Crippen LogP contribution in [-0.4, -0.2) is 43.1 Å². The SMILES string of the molecule is C#CCOc1ccc2ccccc2c1/C=C1/NC(=O)N(CC(=O)OC)C1=O. The number of esters is 1. The number of imide groups is 1. The molecule has 0 bridgehead atoms. The van der Waals surface area contributed by atoms with Gasteiger partial charge in [-0.05, 0) is 22.9 Å². The van der Waals surface area contributed by atoms with E-state index in [0.29, 0.717) is 11.3 Å². The molecule has 0 spiro atoms. The Balaban J connectivity index is 2.04. The van der Waals surface area contributed by atoms with Crippen LogP contribution >= 0.6 is 0 Å². The minimum atomic E-state index is -0.692. The predicted molar refractivity (Wildman–Crippen MR) is 98.5 cm³/mol. The van der Waals surface area contributed by atoms with Crippen molar-refractivity contribution in [2.45, 2.75) is 0 Å². The van der Waals surface area contributed by atoms with Gasteiger partial charge in [-0.15, -0.1) is 6.42 Å². The van der Waals surface area contributed by atoms with Crippen LogP contribution in [0, 0.1) is 12.3 Å². The summed E-state index contributed by atoms with van der Waals surface area (Å²) in [5.41, 5.74) is 0.637. The molecule has 0 atom stereocenters. The van der Waals surface area contributed by atoms with Crippen LogP contribution < -0.4 is 10.1 Å². The van der Waals surface area contributed by atoms with Gasteiger partial charge in [0.25, 0.3) is 5.91 Å². The van der Waals surface area contributed by atoms with E-state index in [-0.39, 0.29) is 12.3 Å².